The van der Waals surface area contributed by atoms with Gasteiger partial charge in [-0.15, -0.1) is 0 Å². The average Bonchev–Trinajstić information content (AvgIpc) is 2.60. The molecule has 1 fully saturated rings. The van der Waals surface area contributed by atoms with E-state index in [0.29, 0.717) is 19.3 Å². The minimum Gasteiger partial charge on any atom is -0.486 e. The fourth-order valence-electron chi connectivity index (χ4n) is 3.63. The van der Waals surface area contributed by atoms with Crippen molar-refractivity contribution in [2.45, 2.75) is 38.9 Å². The van der Waals surface area contributed by atoms with E-state index >= 15 is 0 Å². The predicted octanol–water partition coefficient (Wildman–Crippen LogP) is 1.66. The summed E-state index contributed by atoms with van der Waals surface area (Å²) in [6.07, 6.45) is 0. The zero-order chi connectivity index (χ0) is 18.0. The van der Waals surface area contributed by atoms with Crippen LogP contribution < -0.4 is 14.8 Å². The van der Waals surface area contributed by atoms with Crippen LogP contribution in [0.15, 0.2) is 18.2 Å². The summed E-state index contributed by atoms with van der Waals surface area (Å²) in [4.78, 5) is 17.3. The summed E-state index contributed by atoms with van der Waals surface area (Å²) in [6.45, 7) is 10.2. The lowest BCUT2D eigenvalue weighted by Crippen LogP contribution is -2.57. The Morgan fingerprint density at radius 1 is 1.20 bits per heavy atom. The SMILES string of the molecule is C[C@H](NC(=O)[C@@H](C)N1CCN(C)C[C@@H]1C)c1ccc2c(c1)OCCO2. The molecule has 6 heteroatoms. The summed E-state index contributed by atoms with van der Waals surface area (Å²) < 4.78 is 11.2. The number of ether oxygens (including phenoxy) is 2. The van der Waals surface area contributed by atoms with E-state index in [1.165, 1.54) is 0 Å². The second-order valence-corrected chi connectivity index (χ2v) is 7.16. The van der Waals surface area contributed by atoms with Crippen LogP contribution in [0.1, 0.15) is 32.4 Å². The predicted molar refractivity (Wildman–Crippen MR) is 97.1 cm³/mol. The van der Waals surface area contributed by atoms with Crippen LogP contribution in [0.5, 0.6) is 11.5 Å². The van der Waals surface area contributed by atoms with E-state index in [2.05, 4.69) is 29.1 Å². The van der Waals surface area contributed by atoms with E-state index in [9.17, 15) is 4.79 Å². The molecule has 0 aliphatic carbocycles. The highest BCUT2D eigenvalue weighted by atomic mass is 16.6. The van der Waals surface area contributed by atoms with Gasteiger partial charge in [0.2, 0.25) is 5.91 Å². The van der Waals surface area contributed by atoms with E-state index in [1.807, 2.05) is 32.0 Å². The fourth-order valence-corrected chi connectivity index (χ4v) is 3.63. The highest BCUT2D eigenvalue weighted by Crippen LogP contribution is 2.32. The Bertz CT molecular complexity index is 622. The molecule has 2 aliphatic heterocycles. The summed E-state index contributed by atoms with van der Waals surface area (Å²) >= 11 is 0. The number of likely N-dealkylation sites (N-methyl/N-ethyl adjacent to an activating group) is 1. The number of nitrogens with zero attached hydrogens (tertiary/aromatic N) is 2. The van der Waals surface area contributed by atoms with Gasteiger partial charge in [0, 0.05) is 25.7 Å². The first kappa shape index (κ1) is 18.0. The molecular weight excluding hydrogens is 318 g/mol. The Kier molecular flexibility index (Phi) is 5.49. The lowest BCUT2D eigenvalue weighted by atomic mass is 10.1. The normalized spacial score (nSPS) is 23.8. The van der Waals surface area contributed by atoms with Gasteiger partial charge in [-0.25, -0.2) is 0 Å². The molecule has 6 nitrogen and oxygen atoms in total. The zero-order valence-corrected chi connectivity index (χ0v) is 15.6. The largest absolute Gasteiger partial charge is 0.486 e. The van der Waals surface area contributed by atoms with Gasteiger partial charge in [-0.1, -0.05) is 6.07 Å². The monoisotopic (exact) mass is 347 g/mol. The van der Waals surface area contributed by atoms with Crippen molar-refractivity contribution >= 4 is 5.91 Å². The van der Waals surface area contributed by atoms with Crippen molar-refractivity contribution < 1.29 is 14.3 Å². The maximum absolute atomic E-state index is 12.7. The molecule has 1 saturated heterocycles. The number of amides is 1. The van der Waals surface area contributed by atoms with E-state index < -0.39 is 0 Å². The van der Waals surface area contributed by atoms with Gasteiger partial charge in [-0.2, -0.15) is 0 Å². The Morgan fingerprint density at radius 2 is 1.92 bits per heavy atom. The minimum absolute atomic E-state index is 0.0683. The second-order valence-electron chi connectivity index (χ2n) is 7.16. The van der Waals surface area contributed by atoms with Crippen LogP contribution in [0.2, 0.25) is 0 Å². The first-order valence-corrected chi connectivity index (χ1v) is 9.10. The van der Waals surface area contributed by atoms with Crippen LogP contribution in [0, 0.1) is 0 Å². The Labute approximate surface area is 150 Å². The number of fused-ring (bicyclic) bond motifs is 1. The summed E-state index contributed by atoms with van der Waals surface area (Å²) in [5.74, 6) is 1.59. The van der Waals surface area contributed by atoms with Gasteiger partial charge in [0.1, 0.15) is 13.2 Å². The van der Waals surface area contributed by atoms with E-state index in [1.54, 1.807) is 0 Å². The first-order valence-electron chi connectivity index (χ1n) is 9.10. The summed E-state index contributed by atoms with van der Waals surface area (Å²) in [6, 6.07) is 6.03. The van der Waals surface area contributed by atoms with E-state index in [0.717, 1.165) is 36.7 Å². The molecule has 1 amide bonds. The standard InChI is InChI=1S/C19H29N3O3/c1-13-12-21(4)7-8-22(13)15(3)19(23)20-14(2)16-5-6-17-18(11-16)25-10-9-24-17/h5-6,11,13-15H,7-10,12H2,1-4H3,(H,20,23)/t13-,14-,15+/m0/s1. The molecule has 25 heavy (non-hydrogen) atoms. The molecule has 0 saturated carbocycles. The first-order chi connectivity index (χ1) is 12.0. The van der Waals surface area contributed by atoms with Gasteiger partial charge in [0.05, 0.1) is 12.1 Å². The fraction of sp³-hybridized carbons (Fsp3) is 0.632. The van der Waals surface area contributed by atoms with E-state index in [4.69, 9.17) is 9.47 Å². The minimum atomic E-state index is -0.136. The van der Waals surface area contributed by atoms with E-state index in [-0.39, 0.29) is 18.0 Å². The third kappa shape index (κ3) is 4.07. The van der Waals surface area contributed by atoms with Crippen molar-refractivity contribution in [2.75, 3.05) is 39.9 Å². The zero-order valence-electron chi connectivity index (χ0n) is 15.6. The Balaban J connectivity index is 1.62. The van der Waals surface area contributed by atoms with Gasteiger partial charge in [0.25, 0.3) is 0 Å². The van der Waals surface area contributed by atoms with Crippen LogP contribution in [0.4, 0.5) is 0 Å². The molecule has 0 spiro atoms. The number of rotatable bonds is 4. The molecule has 0 unspecified atom stereocenters. The van der Waals surface area contributed by atoms with Crippen molar-refractivity contribution in [3.8, 4) is 11.5 Å². The lowest BCUT2D eigenvalue weighted by molar-refractivity contribution is -0.128. The molecule has 0 aromatic heterocycles. The molecule has 2 heterocycles. The molecular formula is C19H29N3O3. The number of hydrogen-bond donors (Lipinski definition) is 1. The van der Waals surface area contributed by atoms with Gasteiger partial charge in [-0.3, -0.25) is 9.69 Å². The summed E-state index contributed by atoms with van der Waals surface area (Å²) in [5, 5.41) is 3.14. The summed E-state index contributed by atoms with van der Waals surface area (Å²) in [5.41, 5.74) is 1.02. The molecule has 3 atom stereocenters. The van der Waals surface area contributed by atoms with Gasteiger partial charge in [0.15, 0.2) is 11.5 Å². The number of piperazine rings is 1. The maximum atomic E-state index is 12.7. The smallest absolute Gasteiger partial charge is 0.237 e. The Hall–Kier alpha value is -1.79. The number of carbonyl (C=O) groups is 1. The quantitative estimate of drug-likeness (QED) is 0.898. The third-order valence-electron chi connectivity index (χ3n) is 5.18. The van der Waals surface area contributed by atoms with Crippen molar-refractivity contribution in [3.05, 3.63) is 23.8 Å². The average molecular weight is 347 g/mol. The molecule has 138 valence electrons. The van der Waals surface area contributed by atoms with Crippen LogP contribution >= 0.6 is 0 Å². The molecule has 1 aromatic carbocycles. The van der Waals surface area contributed by atoms with Crippen molar-refractivity contribution in [3.63, 3.8) is 0 Å². The van der Waals surface area contributed by atoms with Crippen LogP contribution in [0.25, 0.3) is 0 Å². The van der Waals surface area contributed by atoms with Crippen LogP contribution in [0.3, 0.4) is 0 Å². The number of hydrogen-bond acceptors (Lipinski definition) is 5. The molecule has 3 rings (SSSR count). The molecule has 2 aliphatic rings. The third-order valence-corrected chi connectivity index (χ3v) is 5.18. The van der Waals surface area contributed by atoms with Crippen LogP contribution in [-0.4, -0.2) is 67.7 Å². The Morgan fingerprint density at radius 3 is 2.64 bits per heavy atom. The highest BCUT2D eigenvalue weighted by Gasteiger charge is 2.30. The van der Waals surface area contributed by atoms with Gasteiger partial charge < -0.3 is 19.7 Å². The molecule has 0 bridgehead atoms. The maximum Gasteiger partial charge on any atom is 0.237 e. The van der Waals surface area contributed by atoms with Crippen molar-refractivity contribution in [1.82, 2.24) is 15.1 Å². The molecule has 0 radical (unpaired) electrons. The topological polar surface area (TPSA) is 54.0 Å². The lowest BCUT2D eigenvalue weighted by Gasteiger charge is -2.41. The highest BCUT2D eigenvalue weighted by molar-refractivity contribution is 5.81. The van der Waals surface area contributed by atoms with Crippen molar-refractivity contribution in [1.29, 1.82) is 0 Å². The number of nitrogens with one attached hydrogen (secondary N) is 1. The molecule has 1 N–H and O–H groups in total. The van der Waals surface area contributed by atoms with Crippen LogP contribution in [-0.2, 0) is 4.79 Å². The summed E-state index contributed by atoms with van der Waals surface area (Å²) in [7, 11) is 2.13. The van der Waals surface area contributed by atoms with Crippen molar-refractivity contribution in [2.24, 2.45) is 0 Å². The second kappa shape index (κ2) is 7.62. The number of carbonyl (C=O) groups excluding carboxylic acids is 1. The molecule has 1 aromatic rings. The van der Waals surface area contributed by atoms with Gasteiger partial charge >= 0.3 is 0 Å². The number of benzene rings is 1. The van der Waals surface area contributed by atoms with Gasteiger partial charge in [-0.05, 0) is 45.5 Å².